The van der Waals surface area contributed by atoms with Gasteiger partial charge in [0, 0.05) is 19.0 Å². The van der Waals surface area contributed by atoms with E-state index < -0.39 is 0 Å². The number of nitrogens with two attached hydrogens (primary N) is 1. The molecule has 1 unspecified atom stereocenters. The van der Waals surface area contributed by atoms with Crippen LogP contribution < -0.4 is 5.73 Å². The Kier molecular flexibility index (Phi) is 4.32. The van der Waals surface area contributed by atoms with Gasteiger partial charge in [-0.15, -0.1) is 0 Å². The number of ether oxygens (including phenoxy) is 1. The maximum Gasteiger partial charge on any atom is 0.148 e. The van der Waals surface area contributed by atoms with Crippen molar-refractivity contribution < 1.29 is 4.74 Å². The van der Waals surface area contributed by atoms with Crippen LogP contribution in [0, 0.1) is 0 Å². The van der Waals surface area contributed by atoms with Crippen LogP contribution in [0.3, 0.4) is 0 Å². The Balaban J connectivity index is 2.33. The monoisotopic (exact) mass is 232 g/mol. The number of allylic oxidation sites excluding steroid dienone is 1. The van der Waals surface area contributed by atoms with Crippen molar-refractivity contribution in [2.24, 2.45) is 10.7 Å². The van der Waals surface area contributed by atoms with Crippen LogP contribution >= 0.6 is 15.9 Å². The number of halogens is 1. The van der Waals surface area contributed by atoms with Crippen molar-refractivity contribution in [1.82, 2.24) is 0 Å². The highest BCUT2D eigenvalue weighted by Gasteiger charge is 2.10. The second kappa shape index (κ2) is 5.32. The summed E-state index contributed by atoms with van der Waals surface area (Å²) in [5.41, 5.74) is 5.25. The summed E-state index contributed by atoms with van der Waals surface area (Å²) in [6.45, 7) is 0.825. The van der Waals surface area contributed by atoms with Gasteiger partial charge >= 0.3 is 0 Å². The molecule has 0 aromatic rings. The Morgan fingerprint density at radius 3 is 3.00 bits per heavy atom. The van der Waals surface area contributed by atoms with E-state index in [4.69, 9.17) is 10.5 Å². The highest BCUT2D eigenvalue weighted by Crippen LogP contribution is 2.13. The van der Waals surface area contributed by atoms with Crippen LogP contribution in [0.4, 0.5) is 0 Å². The molecule has 1 fully saturated rings. The third kappa shape index (κ3) is 3.36. The number of rotatable bonds is 2. The van der Waals surface area contributed by atoms with Gasteiger partial charge in [-0.3, -0.25) is 4.99 Å². The first kappa shape index (κ1) is 9.74. The van der Waals surface area contributed by atoms with Gasteiger partial charge in [-0.25, -0.2) is 0 Å². The van der Waals surface area contributed by atoms with E-state index in [-0.39, 0.29) is 6.23 Å². The van der Waals surface area contributed by atoms with E-state index in [9.17, 15) is 0 Å². The van der Waals surface area contributed by atoms with E-state index in [0.717, 1.165) is 23.9 Å². The van der Waals surface area contributed by atoms with Gasteiger partial charge in [0.05, 0.1) is 4.48 Å². The van der Waals surface area contributed by atoms with E-state index in [2.05, 4.69) is 20.9 Å². The fraction of sp³-hybridized carbons (Fsp3) is 0.625. The van der Waals surface area contributed by atoms with Crippen molar-refractivity contribution >= 4 is 22.1 Å². The summed E-state index contributed by atoms with van der Waals surface area (Å²) in [6.07, 6.45) is 6.56. The summed E-state index contributed by atoms with van der Waals surface area (Å²) in [5.74, 6) is 0. The van der Waals surface area contributed by atoms with Crippen molar-refractivity contribution in [1.29, 1.82) is 0 Å². The molecule has 1 heterocycles. The average Bonchev–Trinajstić information content (AvgIpc) is 2.16. The first-order chi connectivity index (χ1) is 5.83. The third-order valence-corrected chi connectivity index (χ3v) is 2.15. The van der Waals surface area contributed by atoms with E-state index in [1.165, 1.54) is 12.6 Å². The number of hydrogen-bond donors (Lipinski definition) is 1. The highest BCUT2D eigenvalue weighted by atomic mass is 79.9. The molecule has 12 heavy (non-hydrogen) atoms. The van der Waals surface area contributed by atoms with Crippen LogP contribution in [0.2, 0.25) is 0 Å². The summed E-state index contributed by atoms with van der Waals surface area (Å²) < 4.78 is 6.17. The standard InChI is InChI=1S/C8H13BrN2O/c9-7(5-10)6-11-8-3-1-2-4-12-8/h5-6,8H,1-4,10H2. The largest absolute Gasteiger partial charge is 0.404 e. The van der Waals surface area contributed by atoms with Crippen LogP contribution in [-0.4, -0.2) is 19.0 Å². The second-order valence-electron chi connectivity index (χ2n) is 2.65. The zero-order valence-electron chi connectivity index (χ0n) is 6.87. The summed E-state index contributed by atoms with van der Waals surface area (Å²) >= 11 is 3.23. The molecule has 3 nitrogen and oxygen atoms in total. The van der Waals surface area contributed by atoms with E-state index >= 15 is 0 Å². The molecule has 1 aliphatic heterocycles. The van der Waals surface area contributed by atoms with Crippen LogP contribution in [0.5, 0.6) is 0 Å². The zero-order valence-corrected chi connectivity index (χ0v) is 8.46. The highest BCUT2D eigenvalue weighted by molar-refractivity contribution is 9.12. The molecule has 4 heteroatoms. The third-order valence-electron chi connectivity index (χ3n) is 1.68. The average molecular weight is 233 g/mol. The molecular weight excluding hydrogens is 220 g/mol. The molecular formula is C8H13BrN2O. The number of hydrogen-bond acceptors (Lipinski definition) is 3. The quantitative estimate of drug-likeness (QED) is 0.739. The van der Waals surface area contributed by atoms with Gasteiger partial charge in [-0.1, -0.05) is 0 Å². The van der Waals surface area contributed by atoms with Crippen molar-refractivity contribution in [3.8, 4) is 0 Å². The Morgan fingerprint density at radius 2 is 2.42 bits per heavy atom. The van der Waals surface area contributed by atoms with Crippen molar-refractivity contribution in [2.45, 2.75) is 25.5 Å². The van der Waals surface area contributed by atoms with Crippen LogP contribution in [-0.2, 0) is 4.74 Å². The van der Waals surface area contributed by atoms with Crippen molar-refractivity contribution in [3.05, 3.63) is 10.7 Å². The lowest BCUT2D eigenvalue weighted by molar-refractivity contribution is 0.0227. The summed E-state index contributed by atoms with van der Waals surface area (Å²) in [4.78, 5) is 4.21. The summed E-state index contributed by atoms with van der Waals surface area (Å²) in [6, 6.07) is 0. The fourth-order valence-electron chi connectivity index (χ4n) is 1.04. The van der Waals surface area contributed by atoms with Gasteiger partial charge in [0.25, 0.3) is 0 Å². The molecule has 2 N–H and O–H groups in total. The number of aliphatic imine (C=N–C) groups is 1. The first-order valence-corrected chi connectivity index (χ1v) is 4.84. The second-order valence-corrected chi connectivity index (χ2v) is 3.57. The van der Waals surface area contributed by atoms with Gasteiger partial charge in [-0.2, -0.15) is 0 Å². The normalized spacial score (nSPS) is 26.4. The Labute approximate surface area is 80.8 Å². The Hall–Kier alpha value is -0.350. The lowest BCUT2D eigenvalue weighted by Crippen LogP contribution is -2.16. The Bertz CT molecular complexity index is 185. The molecule has 0 bridgehead atoms. The molecule has 0 radical (unpaired) electrons. The molecule has 0 spiro atoms. The predicted molar refractivity (Wildman–Crippen MR) is 53.3 cm³/mol. The molecule has 0 aromatic heterocycles. The first-order valence-electron chi connectivity index (χ1n) is 4.05. The van der Waals surface area contributed by atoms with Gasteiger partial charge in [-0.05, 0) is 35.2 Å². The Morgan fingerprint density at radius 1 is 1.58 bits per heavy atom. The fourth-order valence-corrected chi connectivity index (χ4v) is 1.16. The van der Waals surface area contributed by atoms with Gasteiger partial charge < -0.3 is 10.5 Å². The smallest absolute Gasteiger partial charge is 0.148 e. The lowest BCUT2D eigenvalue weighted by atomic mass is 10.2. The van der Waals surface area contributed by atoms with Gasteiger partial charge in [0.15, 0.2) is 0 Å². The summed E-state index contributed by atoms with van der Waals surface area (Å²) in [5, 5.41) is 0. The maximum atomic E-state index is 5.39. The van der Waals surface area contributed by atoms with Gasteiger partial charge in [0.1, 0.15) is 6.23 Å². The molecule has 0 amide bonds. The SMILES string of the molecule is NC=C(Br)C=NC1CCCCO1. The molecule has 1 saturated heterocycles. The zero-order chi connectivity index (χ0) is 8.81. The van der Waals surface area contributed by atoms with Crippen molar-refractivity contribution in [3.63, 3.8) is 0 Å². The molecule has 1 aliphatic rings. The molecule has 0 aliphatic carbocycles. The van der Waals surface area contributed by atoms with E-state index in [1.54, 1.807) is 6.21 Å². The number of nitrogens with zero attached hydrogens (tertiary/aromatic N) is 1. The van der Waals surface area contributed by atoms with Gasteiger partial charge in [0.2, 0.25) is 0 Å². The molecule has 1 atom stereocenters. The summed E-state index contributed by atoms with van der Waals surface area (Å²) in [7, 11) is 0. The molecule has 68 valence electrons. The minimum absolute atomic E-state index is 0.0336. The van der Waals surface area contributed by atoms with Crippen LogP contribution in [0.1, 0.15) is 19.3 Å². The minimum Gasteiger partial charge on any atom is -0.404 e. The van der Waals surface area contributed by atoms with Crippen LogP contribution in [0.15, 0.2) is 15.7 Å². The maximum absolute atomic E-state index is 5.39. The van der Waals surface area contributed by atoms with Crippen molar-refractivity contribution in [2.75, 3.05) is 6.61 Å². The van der Waals surface area contributed by atoms with E-state index in [1.807, 2.05) is 0 Å². The predicted octanol–water partition coefficient (Wildman–Crippen LogP) is 1.78. The molecule has 0 aromatic carbocycles. The topological polar surface area (TPSA) is 47.6 Å². The van der Waals surface area contributed by atoms with E-state index in [0.29, 0.717) is 0 Å². The molecule has 1 rings (SSSR count). The minimum atomic E-state index is 0.0336. The molecule has 0 saturated carbocycles. The van der Waals surface area contributed by atoms with Crippen LogP contribution in [0.25, 0.3) is 0 Å². The lowest BCUT2D eigenvalue weighted by Gasteiger charge is -2.18.